The van der Waals surface area contributed by atoms with E-state index in [0.717, 1.165) is 18.7 Å². The Bertz CT molecular complexity index is 835. The van der Waals surface area contributed by atoms with Gasteiger partial charge in [-0.2, -0.15) is 0 Å². The molecule has 1 amide bonds. The maximum atomic E-state index is 12.4. The number of nitrogens with two attached hydrogens (primary N) is 1. The van der Waals surface area contributed by atoms with Crippen molar-refractivity contribution in [3.63, 3.8) is 0 Å². The molecule has 1 aliphatic carbocycles. The van der Waals surface area contributed by atoms with E-state index in [2.05, 4.69) is 10.2 Å². The first kappa shape index (κ1) is 18.7. The number of rotatable bonds is 9. The number of ether oxygens (including phenoxy) is 1. The van der Waals surface area contributed by atoms with Crippen molar-refractivity contribution in [3.05, 3.63) is 34.6 Å². The number of thioether (sulfide) groups is 1. The summed E-state index contributed by atoms with van der Waals surface area (Å²) in [5.74, 6) is 1.53. The summed E-state index contributed by atoms with van der Waals surface area (Å²) in [6, 6.07) is 4.94. The maximum absolute atomic E-state index is 12.4. The third-order valence-electron chi connectivity index (χ3n) is 4.08. The Morgan fingerprint density at radius 2 is 2.15 bits per heavy atom. The molecule has 0 bridgehead atoms. The highest BCUT2D eigenvalue weighted by atomic mass is 35.5. The van der Waals surface area contributed by atoms with Gasteiger partial charge in [-0.3, -0.25) is 9.59 Å². The van der Waals surface area contributed by atoms with Gasteiger partial charge >= 0.3 is 0 Å². The minimum Gasteiger partial charge on any atom is -0.495 e. The number of hydrogen-bond donors (Lipinski definition) is 1. The number of carbonyl (C=O) groups excluding carboxylic acids is 2. The number of methoxy groups -OCH3 is 1. The molecule has 1 aromatic heterocycles. The van der Waals surface area contributed by atoms with Crippen LogP contribution in [0.5, 0.6) is 5.75 Å². The lowest BCUT2D eigenvalue weighted by molar-refractivity contribution is -0.118. The van der Waals surface area contributed by atoms with Crippen molar-refractivity contribution >= 4 is 35.1 Å². The highest BCUT2D eigenvalue weighted by molar-refractivity contribution is 7.99. The van der Waals surface area contributed by atoms with Gasteiger partial charge in [0.25, 0.3) is 0 Å². The van der Waals surface area contributed by atoms with Gasteiger partial charge in [0.15, 0.2) is 10.9 Å². The normalized spacial score (nSPS) is 13.6. The fourth-order valence-corrected chi connectivity index (χ4v) is 3.66. The standard InChI is InChI=1S/C17H19ClN4O3S/c1-25-14-5-4-11(8-12(14)18)13(23)9-26-17-21-20-16(10-2-3-10)22(17)7-6-15(19)24/h4-5,8,10H,2-3,6-7,9H2,1H3,(H2,19,24). The predicted octanol–water partition coefficient (Wildman–Crippen LogP) is 2.67. The van der Waals surface area contributed by atoms with E-state index in [-0.39, 0.29) is 23.9 Å². The molecular weight excluding hydrogens is 376 g/mol. The molecule has 0 aliphatic heterocycles. The monoisotopic (exact) mass is 394 g/mol. The van der Waals surface area contributed by atoms with Crippen molar-refractivity contribution in [3.8, 4) is 5.75 Å². The molecule has 7 nitrogen and oxygen atoms in total. The number of primary amides is 1. The van der Waals surface area contributed by atoms with Crippen LogP contribution < -0.4 is 10.5 Å². The number of amides is 1. The summed E-state index contributed by atoms with van der Waals surface area (Å²) in [5, 5.41) is 9.44. The molecule has 0 unspecified atom stereocenters. The summed E-state index contributed by atoms with van der Waals surface area (Å²) in [5.41, 5.74) is 5.77. The van der Waals surface area contributed by atoms with Crippen molar-refractivity contribution < 1.29 is 14.3 Å². The zero-order valence-electron chi connectivity index (χ0n) is 14.3. The van der Waals surface area contributed by atoms with E-state index in [4.69, 9.17) is 22.1 Å². The Morgan fingerprint density at radius 3 is 2.77 bits per heavy atom. The Labute approximate surface area is 160 Å². The zero-order chi connectivity index (χ0) is 18.7. The van der Waals surface area contributed by atoms with Crippen molar-refractivity contribution in [1.29, 1.82) is 0 Å². The second-order valence-corrected chi connectivity index (χ2v) is 7.39. The van der Waals surface area contributed by atoms with Gasteiger partial charge in [0.2, 0.25) is 5.91 Å². The summed E-state index contributed by atoms with van der Waals surface area (Å²) < 4.78 is 7.00. The summed E-state index contributed by atoms with van der Waals surface area (Å²) in [4.78, 5) is 23.6. The largest absolute Gasteiger partial charge is 0.495 e. The topological polar surface area (TPSA) is 100 Å². The number of benzene rings is 1. The van der Waals surface area contributed by atoms with Crippen LogP contribution >= 0.6 is 23.4 Å². The van der Waals surface area contributed by atoms with E-state index < -0.39 is 0 Å². The van der Waals surface area contributed by atoms with Gasteiger partial charge in [-0.25, -0.2) is 0 Å². The second-order valence-electron chi connectivity index (χ2n) is 6.04. The minimum absolute atomic E-state index is 0.0722. The summed E-state index contributed by atoms with van der Waals surface area (Å²) in [6.07, 6.45) is 2.36. The van der Waals surface area contributed by atoms with Crippen LogP contribution in [0, 0.1) is 0 Å². The molecule has 0 atom stereocenters. The van der Waals surface area contributed by atoms with Crippen LogP contribution in [0.3, 0.4) is 0 Å². The van der Waals surface area contributed by atoms with E-state index >= 15 is 0 Å². The average Bonchev–Trinajstić information content (AvgIpc) is 3.38. The molecule has 0 radical (unpaired) electrons. The van der Waals surface area contributed by atoms with Crippen LogP contribution in [0.4, 0.5) is 0 Å². The average molecular weight is 395 g/mol. The Hall–Kier alpha value is -2.06. The van der Waals surface area contributed by atoms with E-state index in [9.17, 15) is 9.59 Å². The van der Waals surface area contributed by atoms with Gasteiger partial charge in [-0.15, -0.1) is 10.2 Å². The number of halogens is 1. The molecule has 138 valence electrons. The smallest absolute Gasteiger partial charge is 0.219 e. The summed E-state index contributed by atoms with van der Waals surface area (Å²) in [6.45, 7) is 0.430. The molecular formula is C17H19ClN4O3S. The SMILES string of the molecule is COc1ccc(C(=O)CSc2nnc(C3CC3)n2CCC(N)=O)cc1Cl. The highest BCUT2D eigenvalue weighted by Crippen LogP contribution is 2.40. The molecule has 0 spiro atoms. The Balaban J connectivity index is 1.69. The molecule has 1 aliphatic rings. The van der Waals surface area contributed by atoms with Crippen LogP contribution in [0.2, 0.25) is 5.02 Å². The van der Waals surface area contributed by atoms with Gasteiger partial charge in [0.05, 0.1) is 17.9 Å². The van der Waals surface area contributed by atoms with Crippen LogP contribution in [-0.2, 0) is 11.3 Å². The zero-order valence-corrected chi connectivity index (χ0v) is 15.8. The molecule has 1 saturated carbocycles. The van der Waals surface area contributed by atoms with Crippen LogP contribution in [0.15, 0.2) is 23.4 Å². The quantitative estimate of drug-likeness (QED) is 0.518. The first-order chi connectivity index (χ1) is 12.5. The summed E-state index contributed by atoms with van der Waals surface area (Å²) >= 11 is 7.37. The fraction of sp³-hybridized carbons (Fsp3) is 0.412. The number of hydrogen-bond acceptors (Lipinski definition) is 6. The van der Waals surface area contributed by atoms with Crippen molar-refractivity contribution in [2.24, 2.45) is 5.73 Å². The van der Waals surface area contributed by atoms with Gasteiger partial charge in [-0.05, 0) is 31.0 Å². The molecule has 26 heavy (non-hydrogen) atoms. The van der Waals surface area contributed by atoms with Gasteiger partial charge in [0.1, 0.15) is 11.6 Å². The lowest BCUT2D eigenvalue weighted by atomic mass is 10.1. The number of Topliss-reactive ketones (excluding diaryl/α,β-unsaturated/α-hetero) is 1. The molecule has 1 fully saturated rings. The number of carbonyl (C=O) groups is 2. The van der Waals surface area contributed by atoms with E-state index in [1.165, 1.54) is 18.9 Å². The molecule has 2 N–H and O–H groups in total. The van der Waals surface area contributed by atoms with Crippen LogP contribution in [0.25, 0.3) is 0 Å². The van der Waals surface area contributed by atoms with E-state index in [1.807, 2.05) is 4.57 Å². The van der Waals surface area contributed by atoms with Crippen molar-refractivity contribution in [1.82, 2.24) is 14.8 Å². The molecule has 1 heterocycles. The minimum atomic E-state index is -0.375. The third kappa shape index (κ3) is 4.37. The van der Waals surface area contributed by atoms with Gasteiger partial charge in [-0.1, -0.05) is 23.4 Å². The molecule has 2 aromatic rings. The van der Waals surface area contributed by atoms with E-state index in [0.29, 0.717) is 34.0 Å². The first-order valence-electron chi connectivity index (χ1n) is 8.20. The first-order valence-corrected chi connectivity index (χ1v) is 9.57. The van der Waals surface area contributed by atoms with Gasteiger partial charge in [0, 0.05) is 24.4 Å². The summed E-state index contributed by atoms with van der Waals surface area (Å²) in [7, 11) is 1.52. The highest BCUT2D eigenvalue weighted by Gasteiger charge is 2.30. The maximum Gasteiger partial charge on any atom is 0.219 e. The van der Waals surface area contributed by atoms with E-state index in [1.54, 1.807) is 18.2 Å². The lowest BCUT2D eigenvalue weighted by Gasteiger charge is -2.09. The fourth-order valence-electron chi connectivity index (χ4n) is 2.54. The van der Waals surface area contributed by atoms with Gasteiger partial charge < -0.3 is 15.0 Å². The molecule has 1 aromatic carbocycles. The molecule has 0 saturated heterocycles. The number of aromatic nitrogens is 3. The van der Waals surface area contributed by atoms with Crippen molar-refractivity contribution in [2.75, 3.05) is 12.9 Å². The molecule has 3 rings (SSSR count). The number of nitrogens with zero attached hydrogens (tertiary/aromatic N) is 3. The second kappa shape index (κ2) is 8.09. The third-order valence-corrected chi connectivity index (χ3v) is 5.34. The van der Waals surface area contributed by atoms with Crippen molar-refractivity contribution in [2.45, 2.75) is 36.9 Å². The predicted molar refractivity (Wildman–Crippen MR) is 98.9 cm³/mol. The van der Waals surface area contributed by atoms with Crippen LogP contribution in [-0.4, -0.2) is 39.3 Å². The molecule has 9 heteroatoms. The lowest BCUT2D eigenvalue weighted by Crippen LogP contribution is -2.16. The number of ketones is 1. The Kier molecular flexibility index (Phi) is 5.83. The van der Waals surface area contributed by atoms with Crippen LogP contribution in [0.1, 0.15) is 41.4 Å². The Morgan fingerprint density at radius 1 is 1.38 bits per heavy atom.